The number of aliphatic hydroxyl groups excluding tert-OH is 2. The van der Waals surface area contributed by atoms with Crippen LogP contribution in [-0.4, -0.2) is 78.4 Å². The molecule has 0 saturated carbocycles. The van der Waals surface area contributed by atoms with Gasteiger partial charge in [0.1, 0.15) is 31.1 Å². The number of nitrogens with one attached hydrogen (secondary N) is 2. The Labute approximate surface area is 198 Å². The van der Waals surface area contributed by atoms with Crippen LogP contribution in [-0.2, 0) is 23.8 Å². The molecule has 1 saturated heterocycles. The van der Waals surface area contributed by atoms with Crippen LogP contribution in [0.3, 0.4) is 0 Å². The van der Waals surface area contributed by atoms with Crippen molar-refractivity contribution in [1.29, 1.82) is 0 Å². The molecule has 0 bridgehead atoms. The molecule has 1 fully saturated rings. The topological polar surface area (TPSA) is 143 Å². The van der Waals surface area contributed by atoms with E-state index < -0.39 is 48.2 Å². The van der Waals surface area contributed by atoms with Gasteiger partial charge in [0.15, 0.2) is 0 Å². The SMILES string of the molecule is CC(O)C(NC(=O)C1=CC2OCOC2C(OC(=O)c2ccccc2I)C1)C(=O)NCCO. The van der Waals surface area contributed by atoms with Crippen molar-refractivity contribution in [3.05, 3.63) is 45.0 Å². The molecule has 1 aromatic carbocycles. The number of hydrogen-bond donors (Lipinski definition) is 4. The second-order valence-corrected chi connectivity index (χ2v) is 8.57. The van der Waals surface area contributed by atoms with Gasteiger partial charge < -0.3 is 35.1 Å². The molecular formula is C21H25IN2O8. The van der Waals surface area contributed by atoms with E-state index >= 15 is 0 Å². The highest BCUT2D eigenvalue weighted by atomic mass is 127. The van der Waals surface area contributed by atoms with Crippen molar-refractivity contribution >= 4 is 40.4 Å². The molecule has 10 nitrogen and oxygen atoms in total. The lowest BCUT2D eigenvalue weighted by atomic mass is 9.91. The molecule has 3 rings (SSSR count). The fourth-order valence-corrected chi connectivity index (χ4v) is 4.09. The van der Waals surface area contributed by atoms with Gasteiger partial charge in [0, 0.05) is 22.1 Å². The minimum Gasteiger partial charge on any atom is -0.455 e. The minimum atomic E-state index is -1.22. The van der Waals surface area contributed by atoms with E-state index in [1.54, 1.807) is 24.3 Å². The van der Waals surface area contributed by atoms with E-state index in [2.05, 4.69) is 10.6 Å². The summed E-state index contributed by atoms with van der Waals surface area (Å²) < 4.78 is 17.5. The number of carbonyl (C=O) groups excluding carboxylic acids is 3. The van der Waals surface area contributed by atoms with Crippen LogP contribution in [0.15, 0.2) is 35.9 Å². The number of halogens is 1. The average molecular weight is 560 g/mol. The van der Waals surface area contributed by atoms with E-state index in [-0.39, 0.29) is 31.9 Å². The molecule has 1 aliphatic heterocycles. The van der Waals surface area contributed by atoms with Crippen molar-refractivity contribution in [2.45, 2.75) is 43.8 Å². The molecular weight excluding hydrogens is 535 g/mol. The molecule has 0 aromatic heterocycles. The second-order valence-electron chi connectivity index (χ2n) is 7.41. The molecule has 32 heavy (non-hydrogen) atoms. The van der Waals surface area contributed by atoms with Crippen LogP contribution in [0.1, 0.15) is 23.7 Å². The monoisotopic (exact) mass is 560 g/mol. The van der Waals surface area contributed by atoms with E-state index in [0.717, 1.165) is 3.57 Å². The van der Waals surface area contributed by atoms with Crippen LogP contribution in [0, 0.1) is 3.57 Å². The second kappa shape index (κ2) is 11.2. The maximum atomic E-state index is 12.9. The van der Waals surface area contributed by atoms with E-state index in [4.69, 9.17) is 19.3 Å². The molecule has 1 heterocycles. The van der Waals surface area contributed by atoms with Crippen LogP contribution >= 0.6 is 22.6 Å². The van der Waals surface area contributed by atoms with E-state index in [0.29, 0.717) is 5.56 Å². The first-order chi connectivity index (χ1) is 15.3. The van der Waals surface area contributed by atoms with Gasteiger partial charge >= 0.3 is 5.97 Å². The first-order valence-electron chi connectivity index (χ1n) is 10.1. The standard InChI is InChI=1S/C21H25IN2O8/c1-11(26)17(20(28)23-6-7-25)24-19(27)12-8-15-18(31-10-30-15)16(9-12)32-21(29)13-4-2-3-5-14(13)22/h2-5,8,11,15-18,25-26H,6-7,9-10H2,1H3,(H,23,28)(H,24,27). The largest absolute Gasteiger partial charge is 0.455 e. The lowest BCUT2D eigenvalue weighted by molar-refractivity contribution is -0.130. The van der Waals surface area contributed by atoms with E-state index in [9.17, 15) is 19.5 Å². The normalized spacial score (nSPS) is 24.0. The molecule has 0 spiro atoms. The maximum absolute atomic E-state index is 12.9. The molecule has 4 N–H and O–H groups in total. The fourth-order valence-electron chi connectivity index (χ4n) is 3.48. The van der Waals surface area contributed by atoms with Gasteiger partial charge in [0.2, 0.25) is 11.8 Å². The van der Waals surface area contributed by atoms with Crippen LogP contribution in [0.4, 0.5) is 0 Å². The fraction of sp³-hybridized carbons (Fsp3) is 0.476. The quantitative estimate of drug-likeness (QED) is 0.254. The molecule has 5 atom stereocenters. The van der Waals surface area contributed by atoms with Crippen molar-refractivity contribution in [1.82, 2.24) is 10.6 Å². The van der Waals surface area contributed by atoms with Crippen molar-refractivity contribution in [2.75, 3.05) is 19.9 Å². The van der Waals surface area contributed by atoms with Gasteiger partial charge in [-0.1, -0.05) is 12.1 Å². The number of aliphatic hydroxyl groups is 2. The van der Waals surface area contributed by atoms with Crippen molar-refractivity contribution in [2.24, 2.45) is 0 Å². The lowest BCUT2D eigenvalue weighted by Crippen LogP contribution is -2.54. The van der Waals surface area contributed by atoms with Gasteiger partial charge in [-0.25, -0.2) is 4.79 Å². The third-order valence-electron chi connectivity index (χ3n) is 5.10. The summed E-state index contributed by atoms with van der Waals surface area (Å²) >= 11 is 2.04. The van der Waals surface area contributed by atoms with Crippen LogP contribution in [0.5, 0.6) is 0 Å². The van der Waals surface area contributed by atoms with Crippen LogP contribution in [0.25, 0.3) is 0 Å². The molecule has 0 radical (unpaired) electrons. The summed E-state index contributed by atoms with van der Waals surface area (Å²) in [6, 6.07) is 5.75. The van der Waals surface area contributed by atoms with Crippen molar-refractivity contribution < 1.29 is 38.8 Å². The summed E-state index contributed by atoms with van der Waals surface area (Å²) in [6.07, 6.45) is -1.47. The zero-order valence-corrected chi connectivity index (χ0v) is 19.5. The average Bonchev–Trinajstić information content (AvgIpc) is 3.24. The van der Waals surface area contributed by atoms with Crippen LogP contribution < -0.4 is 10.6 Å². The van der Waals surface area contributed by atoms with Crippen molar-refractivity contribution in [3.8, 4) is 0 Å². The number of fused-ring (bicyclic) bond motifs is 1. The predicted molar refractivity (Wildman–Crippen MR) is 119 cm³/mol. The molecule has 1 aliphatic carbocycles. The molecule has 5 unspecified atom stereocenters. The number of benzene rings is 1. The van der Waals surface area contributed by atoms with E-state index in [1.807, 2.05) is 28.7 Å². The van der Waals surface area contributed by atoms with Gasteiger partial charge in [-0.3, -0.25) is 9.59 Å². The summed E-state index contributed by atoms with van der Waals surface area (Å²) in [5, 5.41) is 23.7. The Morgan fingerprint density at radius 3 is 2.72 bits per heavy atom. The molecule has 11 heteroatoms. The Balaban J connectivity index is 1.73. The highest BCUT2D eigenvalue weighted by Crippen LogP contribution is 2.31. The minimum absolute atomic E-state index is 0.00246. The van der Waals surface area contributed by atoms with E-state index in [1.165, 1.54) is 6.92 Å². The lowest BCUT2D eigenvalue weighted by Gasteiger charge is -2.31. The Bertz CT molecular complexity index is 890. The number of ether oxygens (including phenoxy) is 3. The number of esters is 1. The number of rotatable bonds is 8. The zero-order chi connectivity index (χ0) is 23.3. The highest BCUT2D eigenvalue weighted by Gasteiger charge is 2.43. The predicted octanol–water partition coefficient (Wildman–Crippen LogP) is -0.138. The highest BCUT2D eigenvalue weighted by molar-refractivity contribution is 14.1. The molecule has 174 valence electrons. The maximum Gasteiger partial charge on any atom is 0.339 e. The summed E-state index contributed by atoms with van der Waals surface area (Å²) in [5.74, 6) is -1.76. The molecule has 2 amide bonds. The smallest absolute Gasteiger partial charge is 0.339 e. The first kappa shape index (κ1) is 24.6. The molecule has 2 aliphatic rings. The van der Waals surface area contributed by atoms with Gasteiger partial charge in [-0.05, 0) is 47.7 Å². The Hall–Kier alpha value is -2.06. The van der Waals surface area contributed by atoms with Crippen molar-refractivity contribution in [3.63, 3.8) is 0 Å². The zero-order valence-electron chi connectivity index (χ0n) is 17.3. The number of amides is 2. The summed E-state index contributed by atoms with van der Waals surface area (Å²) in [4.78, 5) is 37.8. The Morgan fingerprint density at radius 2 is 2.03 bits per heavy atom. The van der Waals surface area contributed by atoms with Gasteiger partial charge in [0.25, 0.3) is 0 Å². The summed E-state index contributed by atoms with van der Waals surface area (Å²) in [6.45, 7) is 1.09. The van der Waals surface area contributed by atoms with Gasteiger partial charge in [0.05, 0.1) is 18.3 Å². The molecule has 1 aromatic rings. The number of carbonyl (C=O) groups is 3. The Kier molecular flexibility index (Phi) is 8.59. The van der Waals surface area contributed by atoms with Gasteiger partial charge in [-0.15, -0.1) is 0 Å². The van der Waals surface area contributed by atoms with Gasteiger partial charge in [-0.2, -0.15) is 0 Å². The Morgan fingerprint density at radius 1 is 1.28 bits per heavy atom. The first-order valence-corrected chi connectivity index (χ1v) is 11.2. The third kappa shape index (κ3) is 5.84. The number of hydrogen-bond acceptors (Lipinski definition) is 8. The third-order valence-corrected chi connectivity index (χ3v) is 6.04. The summed E-state index contributed by atoms with van der Waals surface area (Å²) in [5.41, 5.74) is 0.650. The summed E-state index contributed by atoms with van der Waals surface area (Å²) in [7, 11) is 0. The van der Waals surface area contributed by atoms with Crippen LogP contribution in [0.2, 0.25) is 0 Å².